The Hall–Kier alpha value is -3.09. The lowest BCUT2D eigenvalue weighted by molar-refractivity contribution is 0.482. The van der Waals surface area contributed by atoms with Crippen LogP contribution >= 0.6 is 12.2 Å². The fourth-order valence-corrected chi connectivity index (χ4v) is 1.78. The Morgan fingerprint density at radius 3 is 2.19 bits per heavy atom. The van der Waals surface area contributed by atoms with E-state index in [2.05, 4.69) is 5.32 Å². The van der Waals surface area contributed by atoms with E-state index in [0.717, 1.165) is 5.69 Å². The highest BCUT2D eigenvalue weighted by molar-refractivity contribution is 7.80. The molecule has 0 fully saturated rings. The second-order valence-corrected chi connectivity index (χ2v) is 4.49. The lowest BCUT2D eigenvalue weighted by Crippen LogP contribution is -2.18. The third kappa shape index (κ3) is 3.69. The summed E-state index contributed by atoms with van der Waals surface area (Å²) in [6.45, 7) is 0. The Morgan fingerprint density at radius 1 is 1.00 bits per heavy atom. The van der Waals surface area contributed by atoms with Crippen LogP contribution in [0.5, 0.6) is 11.5 Å². The van der Waals surface area contributed by atoms with Gasteiger partial charge in [-0.2, -0.15) is 10.5 Å². The van der Waals surface area contributed by atoms with E-state index in [9.17, 15) is 0 Å². The molecule has 2 aromatic carbocycles. The molecule has 6 heteroatoms. The number of thiocarbonyl (C=S) groups is 1. The van der Waals surface area contributed by atoms with Gasteiger partial charge >= 0.3 is 0 Å². The highest BCUT2D eigenvalue weighted by atomic mass is 32.1. The highest BCUT2D eigenvalue weighted by Crippen LogP contribution is 2.25. The van der Waals surface area contributed by atoms with Gasteiger partial charge in [0.2, 0.25) is 0 Å². The van der Waals surface area contributed by atoms with Crippen molar-refractivity contribution in [1.29, 1.82) is 10.5 Å². The van der Waals surface area contributed by atoms with Crippen molar-refractivity contribution in [3.63, 3.8) is 0 Å². The van der Waals surface area contributed by atoms with E-state index < -0.39 is 0 Å². The number of nitrogens with two attached hydrogens (primary N) is 1. The van der Waals surface area contributed by atoms with Gasteiger partial charge in [-0.3, -0.25) is 0 Å². The fourth-order valence-electron chi connectivity index (χ4n) is 1.66. The molecule has 0 aliphatic rings. The van der Waals surface area contributed by atoms with Gasteiger partial charge in [0.05, 0.1) is 11.1 Å². The predicted octanol–water partition coefficient (Wildman–Crippen LogP) is 2.88. The second kappa shape index (κ2) is 6.38. The fraction of sp³-hybridized carbons (Fsp3) is 0. The molecule has 0 saturated heterocycles. The Morgan fingerprint density at radius 2 is 1.62 bits per heavy atom. The van der Waals surface area contributed by atoms with Crippen LogP contribution in [-0.4, -0.2) is 5.11 Å². The summed E-state index contributed by atoms with van der Waals surface area (Å²) in [4.78, 5) is 0. The van der Waals surface area contributed by atoms with Crippen molar-refractivity contribution in [1.82, 2.24) is 0 Å². The SMILES string of the molecule is N#Cc1ccc(Oc2ccc(NC(N)=S)cc2)cc1C#N. The molecule has 0 bridgehead atoms. The molecule has 0 aliphatic heterocycles. The summed E-state index contributed by atoms with van der Waals surface area (Å²) in [5.41, 5.74) is 6.73. The number of rotatable bonds is 3. The van der Waals surface area contributed by atoms with E-state index in [0.29, 0.717) is 17.1 Å². The number of hydrogen-bond donors (Lipinski definition) is 2. The van der Waals surface area contributed by atoms with Crippen LogP contribution in [0, 0.1) is 22.7 Å². The van der Waals surface area contributed by atoms with Gasteiger partial charge in [-0.15, -0.1) is 0 Å². The molecular formula is C15H10N4OS. The molecule has 2 aromatic rings. The summed E-state index contributed by atoms with van der Waals surface area (Å²) in [7, 11) is 0. The third-order valence-electron chi connectivity index (χ3n) is 2.59. The van der Waals surface area contributed by atoms with E-state index in [1.807, 2.05) is 12.1 Å². The average Bonchev–Trinajstić information content (AvgIpc) is 2.48. The minimum atomic E-state index is 0.189. The molecule has 0 amide bonds. The molecule has 0 unspecified atom stereocenters. The van der Waals surface area contributed by atoms with Crippen molar-refractivity contribution in [3.05, 3.63) is 53.6 Å². The molecule has 102 valence electrons. The minimum absolute atomic E-state index is 0.189. The van der Waals surface area contributed by atoms with Crippen molar-refractivity contribution in [2.24, 2.45) is 5.73 Å². The number of nitrogens with zero attached hydrogens (tertiary/aromatic N) is 2. The lowest BCUT2D eigenvalue weighted by atomic mass is 10.1. The number of nitrogens with one attached hydrogen (secondary N) is 1. The standard InChI is InChI=1S/C15H10N4OS/c16-8-10-1-4-14(7-11(10)9-17)20-13-5-2-12(3-6-13)19-15(18)21/h1-7H,(H3,18,19,21). The average molecular weight is 294 g/mol. The molecule has 2 rings (SSSR count). The summed E-state index contributed by atoms with van der Waals surface area (Å²) in [6.07, 6.45) is 0. The van der Waals surface area contributed by atoms with Crippen molar-refractivity contribution >= 4 is 23.0 Å². The summed E-state index contributed by atoms with van der Waals surface area (Å²) in [6, 6.07) is 15.7. The number of benzene rings is 2. The molecule has 0 aliphatic carbocycles. The van der Waals surface area contributed by atoms with Gasteiger partial charge in [0.15, 0.2) is 5.11 Å². The van der Waals surface area contributed by atoms with Crippen molar-refractivity contribution in [2.45, 2.75) is 0 Å². The van der Waals surface area contributed by atoms with Crippen LogP contribution in [-0.2, 0) is 0 Å². The zero-order valence-corrected chi connectivity index (χ0v) is 11.6. The summed E-state index contributed by atoms with van der Waals surface area (Å²) < 4.78 is 5.63. The van der Waals surface area contributed by atoms with Crippen LogP contribution in [0.3, 0.4) is 0 Å². The van der Waals surface area contributed by atoms with Crippen LogP contribution in [0.2, 0.25) is 0 Å². The van der Waals surface area contributed by atoms with E-state index in [1.54, 1.807) is 36.4 Å². The van der Waals surface area contributed by atoms with E-state index in [4.69, 9.17) is 33.2 Å². The van der Waals surface area contributed by atoms with Crippen molar-refractivity contribution in [3.8, 4) is 23.6 Å². The van der Waals surface area contributed by atoms with Gasteiger partial charge in [-0.25, -0.2) is 0 Å². The van der Waals surface area contributed by atoms with E-state index >= 15 is 0 Å². The maximum atomic E-state index is 8.97. The summed E-state index contributed by atoms with van der Waals surface area (Å²) in [5, 5.41) is 20.8. The number of hydrogen-bond acceptors (Lipinski definition) is 4. The van der Waals surface area contributed by atoms with Crippen molar-refractivity contribution < 1.29 is 4.74 Å². The number of ether oxygens (including phenoxy) is 1. The number of nitriles is 2. The molecule has 0 spiro atoms. The number of anilines is 1. The maximum absolute atomic E-state index is 8.97. The second-order valence-electron chi connectivity index (χ2n) is 4.05. The molecular weight excluding hydrogens is 284 g/mol. The van der Waals surface area contributed by atoms with E-state index in [-0.39, 0.29) is 10.7 Å². The third-order valence-corrected chi connectivity index (χ3v) is 2.69. The first-order valence-electron chi connectivity index (χ1n) is 5.91. The quantitative estimate of drug-likeness (QED) is 0.845. The Bertz CT molecular complexity index is 757. The normalized spacial score (nSPS) is 9.24. The van der Waals surface area contributed by atoms with Gasteiger partial charge in [0, 0.05) is 5.69 Å². The van der Waals surface area contributed by atoms with Gasteiger partial charge in [0.1, 0.15) is 23.6 Å². The van der Waals surface area contributed by atoms with Gasteiger partial charge in [-0.05, 0) is 54.7 Å². The molecule has 0 heterocycles. The topological polar surface area (TPSA) is 94.9 Å². The van der Waals surface area contributed by atoms with E-state index in [1.165, 1.54) is 6.07 Å². The molecule has 21 heavy (non-hydrogen) atoms. The molecule has 0 radical (unpaired) electrons. The molecule has 0 atom stereocenters. The lowest BCUT2D eigenvalue weighted by Gasteiger charge is -2.08. The largest absolute Gasteiger partial charge is 0.457 e. The monoisotopic (exact) mass is 294 g/mol. The van der Waals surface area contributed by atoms with Gasteiger partial charge in [0.25, 0.3) is 0 Å². The first-order chi connectivity index (χ1) is 10.1. The summed E-state index contributed by atoms with van der Waals surface area (Å²) >= 11 is 4.75. The van der Waals surface area contributed by atoms with Crippen LogP contribution < -0.4 is 15.8 Å². The molecule has 0 saturated carbocycles. The van der Waals surface area contributed by atoms with Gasteiger partial charge in [-0.1, -0.05) is 0 Å². The van der Waals surface area contributed by atoms with Gasteiger partial charge < -0.3 is 15.8 Å². The highest BCUT2D eigenvalue weighted by Gasteiger charge is 2.05. The predicted molar refractivity (Wildman–Crippen MR) is 82.8 cm³/mol. The zero-order chi connectivity index (χ0) is 15.2. The Labute approximate surface area is 127 Å². The summed E-state index contributed by atoms with van der Waals surface area (Å²) in [5.74, 6) is 1.08. The zero-order valence-electron chi connectivity index (χ0n) is 10.8. The van der Waals surface area contributed by atoms with Crippen LogP contribution in [0.4, 0.5) is 5.69 Å². The first kappa shape index (κ1) is 14.3. The van der Waals surface area contributed by atoms with Crippen LogP contribution in [0.15, 0.2) is 42.5 Å². The Kier molecular flexibility index (Phi) is 4.35. The molecule has 3 N–H and O–H groups in total. The minimum Gasteiger partial charge on any atom is -0.457 e. The van der Waals surface area contributed by atoms with Crippen molar-refractivity contribution in [2.75, 3.05) is 5.32 Å². The van der Waals surface area contributed by atoms with Crippen LogP contribution in [0.1, 0.15) is 11.1 Å². The Balaban J connectivity index is 2.17. The first-order valence-corrected chi connectivity index (χ1v) is 6.32. The maximum Gasteiger partial charge on any atom is 0.168 e. The molecule has 5 nitrogen and oxygen atoms in total. The van der Waals surface area contributed by atoms with Crippen LogP contribution in [0.25, 0.3) is 0 Å². The smallest absolute Gasteiger partial charge is 0.168 e. The molecule has 0 aromatic heterocycles.